The van der Waals surface area contributed by atoms with Crippen molar-refractivity contribution in [3.63, 3.8) is 0 Å². The number of ether oxygens (including phenoxy) is 1. The maximum Gasteiger partial charge on any atom is 0.419 e. The van der Waals surface area contributed by atoms with Gasteiger partial charge >= 0.3 is 6.18 Å². The van der Waals surface area contributed by atoms with E-state index in [4.69, 9.17) is 4.74 Å². The van der Waals surface area contributed by atoms with E-state index in [-0.39, 0.29) is 6.04 Å². The minimum atomic E-state index is -4.59. The number of hydrogen-bond donors (Lipinski definition) is 1. The molecule has 0 aromatic carbocycles. The number of halogens is 3. The van der Waals surface area contributed by atoms with Crippen molar-refractivity contribution >= 4 is 5.65 Å². The zero-order chi connectivity index (χ0) is 16.3. The molecule has 0 aliphatic rings. The quantitative estimate of drug-likeness (QED) is 0.858. The lowest BCUT2D eigenvalue weighted by Crippen LogP contribution is -2.25. The molecule has 0 aliphatic carbocycles. The molecule has 0 saturated carbocycles. The third-order valence-electron chi connectivity index (χ3n) is 3.27. The number of methoxy groups -OCH3 is 1. The first kappa shape index (κ1) is 16.4. The van der Waals surface area contributed by atoms with Crippen LogP contribution in [-0.4, -0.2) is 29.6 Å². The fourth-order valence-corrected chi connectivity index (χ4v) is 2.10. The molecule has 0 bridgehead atoms. The molecular weight excluding hydrogens is 299 g/mol. The van der Waals surface area contributed by atoms with Crippen molar-refractivity contribution in [2.45, 2.75) is 19.1 Å². The molecule has 0 radical (unpaired) electrons. The van der Waals surface area contributed by atoms with Crippen LogP contribution in [0.3, 0.4) is 0 Å². The predicted octanol–water partition coefficient (Wildman–Crippen LogP) is 2.01. The summed E-state index contributed by atoms with van der Waals surface area (Å²) >= 11 is 0. The van der Waals surface area contributed by atoms with E-state index in [0.717, 1.165) is 22.7 Å². The van der Waals surface area contributed by atoms with Crippen LogP contribution >= 0.6 is 0 Å². The first-order chi connectivity index (χ1) is 10.3. The van der Waals surface area contributed by atoms with Crippen molar-refractivity contribution in [1.82, 2.24) is 14.7 Å². The fraction of sp³-hybridized carbons (Fsp3) is 0.429. The SMILES string of the molecule is COCCNC(C)c1cc(C(F)(F)F)c2nccc(=O)n2c1. The molecule has 0 saturated heterocycles. The summed E-state index contributed by atoms with van der Waals surface area (Å²) in [5.41, 5.74) is -1.52. The minimum Gasteiger partial charge on any atom is -0.383 e. The van der Waals surface area contributed by atoms with Gasteiger partial charge in [0.05, 0.1) is 12.2 Å². The van der Waals surface area contributed by atoms with E-state index >= 15 is 0 Å². The number of nitrogens with zero attached hydrogens (tertiary/aromatic N) is 2. The van der Waals surface area contributed by atoms with Gasteiger partial charge in [-0.15, -0.1) is 0 Å². The second-order valence-electron chi connectivity index (χ2n) is 4.83. The molecule has 1 unspecified atom stereocenters. The smallest absolute Gasteiger partial charge is 0.383 e. The third-order valence-corrected chi connectivity index (χ3v) is 3.27. The third kappa shape index (κ3) is 3.45. The molecule has 22 heavy (non-hydrogen) atoms. The summed E-state index contributed by atoms with van der Waals surface area (Å²) < 4.78 is 45.4. The first-order valence-electron chi connectivity index (χ1n) is 6.65. The van der Waals surface area contributed by atoms with Crippen LogP contribution in [0.15, 0.2) is 29.3 Å². The van der Waals surface area contributed by atoms with Crippen LogP contribution in [0.5, 0.6) is 0 Å². The Kier molecular flexibility index (Phi) is 4.82. The van der Waals surface area contributed by atoms with Crippen LogP contribution in [0.2, 0.25) is 0 Å². The number of hydrogen-bond acceptors (Lipinski definition) is 4. The van der Waals surface area contributed by atoms with Gasteiger partial charge in [0.25, 0.3) is 5.56 Å². The molecule has 0 spiro atoms. The molecular formula is C14H16F3N3O2. The van der Waals surface area contributed by atoms with Crippen LogP contribution in [0.1, 0.15) is 24.1 Å². The van der Waals surface area contributed by atoms with Crippen molar-refractivity contribution in [1.29, 1.82) is 0 Å². The van der Waals surface area contributed by atoms with E-state index in [2.05, 4.69) is 10.3 Å². The Balaban J connectivity index is 2.53. The summed E-state index contributed by atoms with van der Waals surface area (Å²) in [6.45, 7) is 2.64. The minimum absolute atomic E-state index is 0.353. The van der Waals surface area contributed by atoms with Crippen molar-refractivity contribution in [2.75, 3.05) is 20.3 Å². The number of aromatic nitrogens is 2. The van der Waals surface area contributed by atoms with Gasteiger partial charge in [-0.25, -0.2) is 4.98 Å². The van der Waals surface area contributed by atoms with Crippen LogP contribution in [0, 0.1) is 0 Å². The maximum atomic E-state index is 13.2. The Morgan fingerprint density at radius 3 is 2.82 bits per heavy atom. The molecule has 0 amide bonds. The molecule has 5 nitrogen and oxygen atoms in total. The molecule has 8 heteroatoms. The van der Waals surface area contributed by atoms with E-state index in [1.165, 1.54) is 13.3 Å². The van der Waals surface area contributed by atoms with Crippen molar-refractivity contribution in [3.05, 3.63) is 46.0 Å². The zero-order valence-corrected chi connectivity index (χ0v) is 12.1. The monoisotopic (exact) mass is 315 g/mol. The molecule has 2 rings (SSSR count). The number of fused-ring (bicyclic) bond motifs is 1. The van der Waals surface area contributed by atoms with Gasteiger partial charge < -0.3 is 10.1 Å². The second-order valence-corrected chi connectivity index (χ2v) is 4.83. The summed E-state index contributed by atoms with van der Waals surface area (Å²) in [6, 6.07) is 1.78. The van der Waals surface area contributed by atoms with Gasteiger partial charge in [-0.3, -0.25) is 9.20 Å². The highest BCUT2D eigenvalue weighted by Gasteiger charge is 2.34. The Hall–Kier alpha value is -1.93. The predicted molar refractivity (Wildman–Crippen MR) is 74.8 cm³/mol. The standard InChI is InChI=1S/C14H16F3N3O2/c1-9(18-5-6-22-2)10-7-11(14(15,16)17)13-19-4-3-12(21)20(13)8-10/h3-4,7-9,18H,5-6H2,1-2H3. The van der Waals surface area contributed by atoms with E-state index in [0.29, 0.717) is 18.7 Å². The number of rotatable bonds is 5. The highest BCUT2D eigenvalue weighted by atomic mass is 19.4. The van der Waals surface area contributed by atoms with Gasteiger partial charge in [0, 0.05) is 38.2 Å². The topological polar surface area (TPSA) is 55.6 Å². The lowest BCUT2D eigenvalue weighted by Gasteiger charge is -2.18. The molecule has 2 aromatic rings. The highest BCUT2D eigenvalue weighted by Crippen LogP contribution is 2.33. The van der Waals surface area contributed by atoms with Crippen LogP contribution in [-0.2, 0) is 10.9 Å². The largest absolute Gasteiger partial charge is 0.419 e. The normalized spacial score (nSPS) is 13.5. The summed E-state index contributed by atoms with van der Waals surface area (Å²) in [7, 11) is 1.54. The molecule has 2 heterocycles. The van der Waals surface area contributed by atoms with Crippen molar-refractivity contribution in [2.24, 2.45) is 0 Å². The summed E-state index contributed by atoms with van der Waals surface area (Å²) in [5, 5.41) is 3.03. The Morgan fingerprint density at radius 2 is 2.18 bits per heavy atom. The zero-order valence-electron chi connectivity index (χ0n) is 12.1. The van der Waals surface area contributed by atoms with Gasteiger partial charge in [-0.1, -0.05) is 0 Å². The fourth-order valence-electron chi connectivity index (χ4n) is 2.10. The van der Waals surface area contributed by atoms with Gasteiger partial charge in [-0.2, -0.15) is 13.2 Å². The second kappa shape index (κ2) is 6.45. The average molecular weight is 315 g/mol. The van der Waals surface area contributed by atoms with E-state index in [1.807, 2.05) is 0 Å². The lowest BCUT2D eigenvalue weighted by molar-refractivity contribution is -0.136. The van der Waals surface area contributed by atoms with E-state index in [9.17, 15) is 18.0 Å². The van der Waals surface area contributed by atoms with Gasteiger partial charge in [0.1, 0.15) is 0 Å². The lowest BCUT2D eigenvalue weighted by atomic mass is 10.1. The van der Waals surface area contributed by atoms with Crippen molar-refractivity contribution < 1.29 is 17.9 Å². The highest BCUT2D eigenvalue weighted by molar-refractivity contribution is 5.50. The Bertz CT molecular complexity index is 713. The summed E-state index contributed by atoms with van der Waals surface area (Å²) in [5.74, 6) is 0. The van der Waals surface area contributed by atoms with Crippen LogP contribution < -0.4 is 10.9 Å². The van der Waals surface area contributed by atoms with Gasteiger partial charge in [-0.05, 0) is 18.6 Å². The number of alkyl halides is 3. The first-order valence-corrected chi connectivity index (χ1v) is 6.65. The molecule has 2 aromatic heterocycles. The van der Waals surface area contributed by atoms with E-state index < -0.39 is 22.9 Å². The summed E-state index contributed by atoms with van der Waals surface area (Å²) in [4.78, 5) is 15.5. The number of nitrogens with one attached hydrogen (secondary N) is 1. The van der Waals surface area contributed by atoms with Gasteiger partial charge in [0.2, 0.25) is 0 Å². The van der Waals surface area contributed by atoms with Crippen LogP contribution in [0.25, 0.3) is 5.65 Å². The van der Waals surface area contributed by atoms with Crippen molar-refractivity contribution in [3.8, 4) is 0 Å². The molecule has 1 atom stereocenters. The van der Waals surface area contributed by atoms with Crippen LogP contribution in [0.4, 0.5) is 13.2 Å². The maximum absolute atomic E-state index is 13.2. The van der Waals surface area contributed by atoms with E-state index in [1.54, 1.807) is 6.92 Å². The number of pyridine rings is 1. The molecule has 0 fully saturated rings. The average Bonchev–Trinajstić information content (AvgIpc) is 2.46. The van der Waals surface area contributed by atoms with Gasteiger partial charge in [0.15, 0.2) is 5.65 Å². The Labute approximate surface area is 124 Å². The molecule has 1 N–H and O–H groups in total. The molecule has 120 valence electrons. The Morgan fingerprint density at radius 1 is 1.45 bits per heavy atom. The summed E-state index contributed by atoms with van der Waals surface area (Å²) in [6.07, 6.45) is -2.13. The molecule has 0 aliphatic heterocycles.